The molecular weight excluding hydrogens is 510 g/mol. The maximum Gasteiger partial charge on any atom is 0.439 e. The van der Waals surface area contributed by atoms with Crippen LogP contribution >= 0.6 is 35.0 Å². The number of fused-ring (bicyclic) bond motifs is 1. The zero-order valence-electron chi connectivity index (χ0n) is 17.1. The van der Waals surface area contributed by atoms with Crippen molar-refractivity contribution in [2.45, 2.75) is 11.1 Å². The van der Waals surface area contributed by atoms with Crippen molar-refractivity contribution in [3.05, 3.63) is 80.8 Å². The van der Waals surface area contributed by atoms with Gasteiger partial charge in [-0.2, -0.15) is 13.2 Å². The molecule has 0 fully saturated rings. The van der Waals surface area contributed by atoms with Gasteiger partial charge < -0.3 is 4.90 Å². The van der Waals surface area contributed by atoms with Crippen LogP contribution in [0.15, 0.2) is 68.8 Å². The largest absolute Gasteiger partial charge is 0.439 e. The van der Waals surface area contributed by atoms with Gasteiger partial charge in [-0.25, -0.2) is 4.79 Å². The van der Waals surface area contributed by atoms with Gasteiger partial charge in [-0.15, -0.1) is 11.8 Å². The Labute approximate surface area is 205 Å². The lowest BCUT2D eigenvalue weighted by Crippen LogP contribution is -2.24. The molecule has 0 aliphatic carbocycles. The van der Waals surface area contributed by atoms with Gasteiger partial charge in [0.15, 0.2) is 5.82 Å². The number of H-pyrrole nitrogens is 1. The molecule has 5 rings (SSSR count). The maximum atomic E-state index is 12.9. The molecule has 3 aromatic carbocycles. The first kappa shape index (κ1) is 22.9. The average Bonchev–Trinajstić information content (AvgIpc) is 3.25. The molecule has 0 atom stereocenters. The lowest BCUT2D eigenvalue weighted by atomic mass is 10.0. The van der Waals surface area contributed by atoms with Crippen molar-refractivity contribution in [1.82, 2.24) is 10.1 Å². The first-order chi connectivity index (χ1) is 16.2. The third-order valence-electron chi connectivity index (χ3n) is 5.42. The van der Waals surface area contributed by atoms with E-state index in [4.69, 9.17) is 23.2 Å². The average molecular weight is 524 g/mol. The summed E-state index contributed by atoms with van der Waals surface area (Å²) in [7, 11) is 0. The minimum atomic E-state index is -4.37. The molecule has 34 heavy (non-hydrogen) atoms. The smallest absolute Gasteiger partial charge is 0.338 e. The van der Waals surface area contributed by atoms with E-state index in [2.05, 4.69) is 14.7 Å². The number of anilines is 2. The molecule has 1 aromatic heterocycles. The molecular formula is C23H14Cl2F3N3O2S. The van der Waals surface area contributed by atoms with Gasteiger partial charge in [0.05, 0.1) is 27.0 Å². The van der Waals surface area contributed by atoms with Crippen molar-refractivity contribution in [2.75, 3.05) is 17.2 Å². The van der Waals surface area contributed by atoms with E-state index >= 15 is 0 Å². The van der Waals surface area contributed by atoms with Gasteiger partial charge in [0.2, 0.25) is 0 Å². The fourth-order valence-corrected chi connectivity index (χ4v) is 5.32. The van der Waals surface area contributed by atoms with Gasteiger partial charge in [0, 0.05) is 22.8 Å². The normalized spacial score (nSPS) is 13.7. The summed E-state index contributed by atoms with van der Waals surface area (Å²) in [5, 5.41) is 4.18. The summed E-state index contributed by atoms with van der Waals surface area (Å²) >= 11 is 14.8. The predicted molar refractivity (Wildman–Crippen MR) is 127 cm³/mol. The Balaban J connectivity index is 1.49. The number of nitrogens with zero attached hydrogens (tertiary/aromatic N) is 2. The van der Waals surface area contributed by atoms with Gasteiger partial charge >= 0.3 is 11.9 Å². The van der Waals surface area contributed by atoms with Crippen LogP contribution in [-0.4, -0.2) is 22.4 Å². The zero-order valence-corrected chi connectivity index (χ0v) is 19.4. The number of hydrogen-bond donors (Lipinski definition) is 1. The number of aromatic nitrogens is 2. The van der Waals surface area contributed by atoms with E-state index in [9.17, 15) is 18.0 Å². The van der Waals surface area contributed by atoms with Crippen LogP contribution in [0.1, 0.15) is 5.56 Å². The predicted octanol–water partition coefficient (Wildman–Crippen LogP) is 7.27. The van der Waals surface area contributed by atoms with E-state index in [-0.39, 0.29) is 10.8 Å². The first-order valence-electron chi connectivity index (χ1n) is 9.99. The number of halogens is 5. The summed E-state index contributed by atoms with van der Waals surface area (Å²) in [6.45, 7) is 0.674. The van der Waals surface area contributed by atoms with Crippen molar-refractivity contribution < 1.29 is 17.7 Å². The summed E-state index contributed by atoms with van der Waals surface area (Å²) in [6.07, 6.45) is -4.37. The maximum absolute atomic E-state index is 12.9. The third-order valence-corrected chi connectivity index (χ3v) is 7.31. The Bertz CT molecular complexity index is 1430. The molecule has 0 saturated carbocycles. The highest BCUT2D eigenvalue weighted by Crippen LogP contribution is 2.46. The Morgan fingerprint density at radius 3 is 2.35 bits per heavy atom. The van der Waals surface area contributed by atoms with Crippen LogP contribution in [0.3, 0.4) is 0 Å². The summed E-state index contributed by atoms with van der Waals surface area (Å²) in [5.41, 5.74) is 2.86. The summed E-state index contributed by atoms with van der Waals surface area (Å²) < 4.78 is 43.2. The Hall–Kier alpha value is -2.88. The van der Waals surface area contributed by atoms with E-state index in [1.54, 1.807) is 23.9 Å². The Morgan fingerprint density at radius 1 is 0.971 bits per heavy atom. The van der Waals surface area contributed by atoms with E-state index < -0.39 is 17.5 Å². The molecule has 4 aromatic rings. The molecule has 1 aliphatic rings. The molecule has 0 unspecified atom stereocenters. The molecule has 0 bridgehead atoms. The minimum absolute atomic E-state index is 0.180. The highest BCUT2D eigenvalue weighted by Gasteiger charge is 2.30. The van der Waals surface area contributed by atoms with Gasteiger partial charge in [-0.1, -0.05) is 46.6 Å². The first-order valence-corrected chi connectivity index (χ1v) is 11.7. The van der Waals surface area contributed by atoms with Crippen LogP contribution in [0.5, 0.6) is 0 Å². The van der Waals surface area contributed by atoms with Gasteiger partial charge in [0.1, 0.15) is 0 Å². The molecule has 1 aliphatic heterocycles. The number of benzene rings is 3. The lowest BCUT2D eigenvalue weighted by molar-refractivity contribution is -0.137. The van der Waals surface area contributed by atoms with Crippen molar-refractivity contribution in [1.29, 1.82) is 0 Å². The van der Waals surface area contributed by atoms with Crippen LogP contribution in [-0.2, 0) is 6.18 Å². The highest BCUT2D eigenvalue weighted by atomic mass is 35.5. The Kier molecular flexibility index (Phi) is 5.87. The number of aromatic amines is 1. The zero-order chi connectivity index (χ0) is 24.0. The van der Waals surface area contributed by atoms with Gasteiger partial charge in [0.25, 0.3) is 0 Å². The number of hydrogen-bond acceptors (Lipinski definition) is 5. The Morgan fingerprint density at radius 2 is 1.68 bits per heavy atom. The number of alkyl halides is 3. The molecule has 5 nitrogen and oxygen atoms in total. The van der Waals surface area contributed by atoms with Crippen molar-refractivity contribution >= 4 is 46.3 Å². The molecule has 174 valence electrons. The molecule has 2 heterocycles. The quantitative estimate of drug-likeness (QED) is 0.306. The fraction of sp³-hybridized carbons (Fsp3) is 0.130. The molecule has 0 spiro atoms. The second-order valence-electron chi connectivity index (χ2n) is 7.46. The molecule has 1 N–H and O–H groups in total. The molecule has 0 saturated heterocycles. The van der Waals surface area contributed by atoms with E-state index in [0.29, 0.717) is 28.4 Å². The van der Waals surface area contributed by atoms with Crippen LogP contribution in [0.25, 0.3) is 22.5 Å². The van der Waals surface area contributed by atoms with Crippen LogP contribution < -0.4 is 10.7 Å². The molecule has 0 amide bonds. The number of nitrogens with one attached hydrogen (secondary N) is 1. The standard InChI is InChI=1S/C23H14Cl2F3N3O2S/c24-19-15(21-29-22(32)33-30-21)6-8-17(20(19)25)31-9-10-34-18-11-13(3-7-16(18)31)12-1-4-14(5-2-12)23(26,27)28/h1-8,11H,9-10H2,(H,29,30,32). The minimum Gasteiger partial charge on any atom is -0.338 e. The van der Waals surface area contributed by atoms with E-state index in [1.807, 2.05) is 23.1 Å². The second-order valence-corrected chi connectivity index (χ2v) is 9.35. The number of thioether (sulfide) groups is 1. The van der Waals surface area contributed by atoms with Crippen molar-refractivity contribution in [3.63, 3.8) is 0 Å². The monoisotopic (exact) mass is 523 g/mol. The van der Waals surface area contributed by atoms with Gasteiger partial charge in [-0.3, -0.25) is 9.51 Å². The lowest BCUT2D eigenvalue weighted by Gasteiger charge is -2.32. The summed E-state index contributed by atoms with van der Waals surface area (Å²) in [4.78, 5) is 16.7. The SMILES string of the molecule is O=c1[nH]c(-c2ccc(N3CCSc4cc(-c5ccc(C(F)(F)F)cc5)ccc43)c(Cl)c2Cl)no1. The van der Waals surface area contributed by atoms with E-state index in [0.717, 1.165) is 34.0 Å². The summed E-state index contributed by atoms with van der Waals surface area (Å²) in [5.74, 6) is 0.256. The van der Waals surface area contributed by atoms with E-state index in [1.165, 1.54) is 12.1 Å². The van der Waals surface area contributed by atoms with Crippen LogP contribution in [0.4, 0.5) is 24.5 Å². The third kappa shape index (κ3) is 4.19. The highest BCUT2D eigenvalue weighted by molar-refractivity contribution is 7.99. The fourth-order valence-electron chi connectivity index (χ4n) is 3.78. The molecule has 11 heteroatoms. The molecule has 0 radical (unpaired) electrons. The van der Waals surface area contributed by atoms with Gasteiger partial charge in [-0.05, 0) is 47.5 Å². The number of rotatable bonds is 3. The van der Waals surface area contributed by atoms with Crippen LogP contribution in [0, 0.1) is 0 Å². The topological polar surface area (TPSA) is 62.1 Å². The van der Waals surface area contributed by atoms with Crippen LogP contribution in [0.2, 0.25) is 10.0 Å². The van der Waals surface area contributed by atoms with Crippen molar-refractivity contribution in [2.24, 2.45) is 0 Å². The van der Waals surface area contributed by atoms with Crippen molar-refractivity contribution in [3.8, 4) is 22.5 Å². The summed E-state index contributed by atoms with van der Waals surface area (Å²) in [6, 6.07) is 14.3. The second kappa shape index (κ2) is 8.72.